The third-order valence-electron chi connectivity index (χ3n) is 3.29. The molecule has 2 N–H and O–H groups in total. The van der Waals surface area contributed by atoms with E-state index in [2.05, 4.69) is 21.2 Å². The van der Waals surface area contributed by atoms with Gasteiger partial charge in [0.1, 0.15) is 0 Å². The molecule has 0 saturated heterocycles. The van der Waals surface area contributed by atoms with E-state index in [1.807, 2.05) is 0 Å². The van der Waals surface area contributed by atoms with Gasteiger partial charge in [0.25, 0.3) is 5.91 Å². The van der Waals surface area contributed by atoms with E-state index < -0.39 is 5.97 Å². The van der Waals surface area contributed by atoms with Gasteiger partial charge in [-0.15, -0.1) is 0 Å². The predicted octanol–water partition coefficient (Wildman–Crippen LogP) is 3.09. The first-order valence-electron chi connectivity index (χ1n) is 5.96. The monoisotopic (exact) mass is 345 g/mol. The quantitative estimate of drug-likeness (QED) is 0.884. The fourth-order valence-electron chi connectivity index (χ4n) is 2.27. The van der Waals surface area contributed by atoms with Crippen LogP contribution >= 0.6 is 27.5 Å². The molecule has 0 bridgehead atoms. The molecule has 1 saturated carbocycles. The van der Waals surface area contributed by atoms with Crippen molar-refractivity contribution in [3.8, 4) is 0 Å². The fourth-order valence-corrected chi connectivity index (χ4v) is 2.87. The van der Waals surface area contributed by atoms with Gasteiger partial charge in [-0.05, 0) is 53.4 Å². The molecule has 2 unspecified atom stereocenters. The van der Waals surface area contributed by atoms with E-state index >= 15 is 0 Å². The van der Waals surface area contributed by atoms with Crippen LogP contribution in [0.2, 0.25) is 5.02 Å². The van der Waals surface area contributed by atoms with E-state index in [9.17, 15) is 9.59 Å². The largest absolute Gasteiger partial charge is 0.481 e. The topological polar surface area (TPSA) is 66.4 Å². The van der Waals surface area contributed by atoms with Crippen LogP contribution in [0.15, 0.2) is 22.7 Å². The Morgan fingerprint density at radius 1 is 1.37 bits per heavy atom. The molecule has 1 amide bonds. The summed E-state index contributed by atoms with van der Waals surface area (Å²) in [6.45, 7) is 0. The normalized spacial score (nSPS) is 22.2. The summed E-state index contributed by atoms with van der Waals surface area (Å²) in [6, 6.07) is 4.91. The van der Waals surface area contributed by atoms with Crippen LogP contribution in [0.5, 0.6) is 0 Å². The van der Waals surface area contributed by atoms with Crippen LogP contribution in [0.3, 0.4) is 0 Å². The molecule has 0 aromatic heterocycles. The average molecular weight is 347 g/mol. The maximum atomic E-state index is 12.1. The molecule has 19 heavy (non-hydrogen) atoms. The third-order valence-corrected chi connectivity index (χ3v) is 4.22. The molecule has 2 atom stereocenters. The number of hydrogen-bond donors (Lipinski definition) is 2. The number of carboxylic acids is 1. The second kappa shape index (κ2) is 5.92. The lowest BCUT2D eigenvalue weighted by Gasteiger charge is -2.13. The number of carboxylic acid groups (broad SMARTS) is 1. The van der Waals surface area contributed by atoms with Crippen molar-refractivity contribution in [3.63, 3.8) is 0 Å². The van der Waals surface area contributed by atoms with Crippen LogP contribution in [0.25, 0.3) is 0 Å². The van der Waals surface area contributed by atoms with E-state index in [0.29, 0.717) is 34.3 Å². The van der Waals surface area contributed by atoms with Gasteiger partial charge in [-0.1, -0.05) is 11.6 Å². The first-order chi connectivity index (χ1) is 8.97. The minimum Gasteiger partial charge on any atom is -0.481 e. The van der Waals surface area contributed by atoms with Gasteiger partial charge in [-0.2, -0.15) is 0 Å². The van der Waals surface area contributed by atoms with E-state index in [1.165, 1.54) is 0 Å². The summed E-state index contributed by atoms with van der Waals surface area (Å²) in [4.78, 5) is 23.0. The van der Waals surface area contributed by atoms with Crippen LogP contribution in [0.4, 0.5) is 0 Å². The molecular formula is C13H13BrClNO3. The van der Waals surface area contributed by atoms with Crippen molar-refractivity contribution in [2.24, 2.45) is 5.92 Å². The van der Waals surface area contributed by atoms with Gasteiger partial charge in [0.2, 0.25) is 0 Å². The van der Waals surface area contributed by atoms with Crippen molar-refractivity contribution in [2.75, 3.05) is 0 Å². The molecule has 1 aliphatic rings. The van der Waals surface area contributed by atoms with E-state index in [-0.39, 0.29) is 17.9 Å². The molecule has 0 heterocycles. The van der Waals surface area contributed by atoms with Gasteiger partial charge < -0.3 is 10.4 Å². The highest BCUT2D eigenvalue weighted by molar-refractivity contribution is 9.10. The predicted molar refractivity (Wildman–Crippen MR) is 75.4 cm³/mol. The summed E-state index contributed by atoms with van der Waals surface area (Å²) in [5, 5.41) is 12.3. The highest BCUT2D eigenvalue weighted by Crippen LogP contribution is 2.27. The van der Waals surface area contributed by atoms with Gasteiger partial charge in [0, 0.05) is 15.5 Å². The van der Waals surface area contributed by atoms with Crippen molar-refractivity contribution < 1.29 is 14.7 Å². The molecule has 4 nitrogen and oxygen atoms in total. The second-order valence-corrected chi connectivity index (χ2v) is 5.93. The molecular weight excluding hydrogens is 334 g/mol. The number of benzene rings is 1. The summed E-state index contributed by atoms with van der Waals surface area (Å²) < 4.78 is 0.669. The zero-order valence-electron chi connectivity index (χ0n) is 10.0. The first-order valence-corrected chi connectivity index (χ1v) is 7.13. The number of carbonyl (C=O) groups is 2. The molecule has 1 fully saturated rings. The summed E-state index contributed by atoms with van der Waals surface area (Å²) in [6.07, 6.45) is 1.79. The molecule has 1 aromatic carbocycles. The second-order valence-electron chi connectivity index (χ2n) is 4.64. The standard InChI is InChI=1S/C13H13BrClNO3/c14-11-4-2-8(15)6-10(11)12(17)16-9-3-1-7(5-9)13(18)19/h2,4,6-7,9H,1,3,5H2,(H,16,17)(H,18,19). The Bertz CT molecular complexity index is 521. The number of nitrogens with one attached hydrogen (secondary N) is 1. The summed E-state index contributed by atoms with van der Waals surface area (Å²) in [7, 11) is 0. The van der Waals surface area contributed by atoms with E-state index in [4.69, 9.17) is 16.7 Å². The Labute approximate surface area is 124 Å². The maximum Gasteiger partial charge on any atom is 0.306 e. The molecule has 6 heteroatoms. The van der Waals surface area contributed by atoms with Crippen LogP contribution in [-0.4, -0.2) is 23.0 Å². The molecule has 1 aliphatic carbocycles. The Morgan fingerprint density at radius 3 is 2.74 bits per heavy atom. The first kappa shape index (κ1) is 14.3. The molecule has 0 aliphatic heterocycles. The van der Waals surface area contributed by atoms with Crippen LogP contribution in [0.1, 0.15) is 29.6 Å². The Morgan fingerprint density at radius 2 is 2.11 bits per heavy atom. The van der Waals surface area contributed by atoms with Crippen molar-refractivity contribution in [3.05, 3.63) is 33.3 Å². The van der Waals surface area contributed by atoms with Gasteiger partial charge in [-0.25, -0.2) is 0 Å². The maximum absolute atomic E-state index is 12.1. The van der Waals surface area contributed by atoms with Crippen LogP contribution in [0, 0.1) is 5.92 Å². The molecule has 102 valence electrons. The lowest BCUT2D eigenvalue weighted by molar-refractivity contribution is -0.141. The Kier molecular flexibility index (Phi) is 4.47. The Balaban J connectivity index is 2.02. The highest BCUT2D eigenvalue weighted by Gasteiger charge is 2.30. The summed E-state index contributed by atoms with van der Waals surface area (Å²) in [5.74, 6) is -1.38. The minimum atomic E-state index is -0.791. The zero-order valence-corrected chi connectivity index (χ0v) is 12.4. The number of hydrogen-bond acceptors (Lipinski definition) is 2. The SMILES string of the molecule is O=C(NC1CCC(C(=O)O)C1)c1cc(Cl)ccc1Br. The minimum absolute atomic E-state index is 0.0838. The number of aliphatic carboxylic acids is 1. The molecule has 2 rings (SSSR count). The Hall–Kier alpha value is -1.07. The van der Waals surface area contributed by atoms with Crippen LogP contribution in [-0.2, 0) is 4.79 Å². The number of rotatable bonds is 3. The number of halogens is 2. The smallest absolute Gasteiger partial charge is 0.306 e. The van der Waals surface area contributed by atoms with Crippen molar-refractivity contribution >= 4 is 39.4 Å². The van der Waals surface area contributed by atoms with Gasteiger partial charge in [-0.3, -0.25) is 9.59 Å². The summed E-state index contributed by atoms with van der Waals surface area (Å²) >= 11 is 9.17. The lowest BCUT2D eigenvalue weighted by atomic mass is 10.1. The third kappa shape index (κ3) is 3.48. The molecule has 1 aromatic rings. The van der Waals surface area contributed by atoms with E-state index in [0.717, 1.165) is 0 Å². The zero-order chi connectivity index (χ0) is 14.0. The molecule has 0 radical (unpaired) electrons. The average Bonchev–Trinajstić information content (AvgIpc) is 2.80. The van der Waals surface area contributed by atoms with Crippen molar-refractivity contribution in [1.82, 2.24) is 5.32 Å². The lowest BCUT2D eigenvalue weighted by Crippen LogP contribution is -2.33. The van der Waals surface area contributed by atoms with Crippen LogP contribution < -0.4 is 5.32 Å². The van der Waals surface area contributed by atoms with E-state index in [1.54, 1.807) is 18.2 Å². The van der Waals surface area contributed by atoms with Crippen molar-refractivity contribution in [1.29, 1.82) is 0 Å². The fraction of sp³-hybridized carbons (Fsp3) is 0.385. The molecule has 0 spiro atoms. The number of amides is 1. The van der Waals surface area contributed by atoms with Gasteiger partial charge >= 0.3 is 5.97 Å². The highest BCUT2D eigenvalue weighted by atomic mass is 79.9. The van der Waals surface area contributed by atoms with Gasteiger partial charge in [0.15, 0.2) is 0 Å². The van der Waals surface area contributed by atoms with Gasteiger partial charge in [0.05, 0.1) is 11.5 Å². The summed E-state index contributed by atoms with van der Waals surface area (Å²) in [5.41, 5.74) is 0.464. The number of carbonyl (C=O) groups excluding carboxylic acids is 1. The van der Waals surface area contributed by atoms with Crippen molar-refractivity contribution in [2.45, 2.75) is 25.3 Å².